The summed E-state index contributed by atoms with van der Waals surface area (Å²) in [6.45, 7) is 0. The summed E-state index contributed by atoms with van der Waals surface area (Å²) >= 11 is 0. The van der Waals surface area contributed by atoms with Gasteiger partial charge < -0.3 is 5.32 Å². The number of hydrogen-bond donors (Lipinski definition) is 1. The first kappa shape index (κ1) is 15.9. The highest BCUT2D eigenvalue weighted by Gasteiger charge is 2.29. The lowest BCUT2D eigenvalue weighted by Crippen LogP contribution is -2.16. The molecule has 7 heteroatoms. The van der Waals surface area contributed by atoms with E-state index in [-0.39, 0.29) is 6.42 Å². The Kier molecular flexibility index (Phi) is 4.44. The highest BCUT2D eigenvalue weighted by molar-refractivity contribution is 5.92. The van der Waals surface area contributed by atoms with Crippen LogP contribution in [0.15, 0.2) is 42.5 Å². The van der Waals surface area contributed by atoms with Gasteiger partial charge in [-0.1, -0.05) is 18.2 Å². The first-order chi connectivity index (χ1) is 10.3. The van der Waals surface area contributed by atoms with Gasteiger partial charge in [0.25, 0.3) is 0 Å². The Balaban J connectivity index is 2.06. The summed E-state index contributed by atoms with van der Waals surface area (Å²) in [6.07, 6.45) is -4.76. The second-order valence-electron chi connectivity index (χ2n) is 4.52. The molecule has 0 unspecified atom stereocenters. The van der Waals surface area contributed by atoms with E-state index in [1.807, 2.05) is 0 Å². The molecular formula is C15H10F5NO. The molecule has 2 nitrogen and oxygen atoms in total. The van der Waals surface area contributed by atoms with Crippen LogP contribution in [-0.2, 0) is 17.4 Å². The normalized spacial score (nSPS) is 11.3. The van der Waals surface area contributed by atoms with Gasteiger partial charge in [-0.05, 0) is 29.8 Å². The standard InChI is InChI=1S/C15H10F5NO/c16-11-2-1-3-12(17)14(11)21-13(22)8-9-4-6-10(7-5-9)15(18,19)20/h1-7H,8H2,(H,21,22). The Bertz CT molecular complexity index is 659. The monoisotopic (exact) mass is 315 g/mol. The van der Waals surface area contributed by atoms with Gasteiger partial charge in [0.2, 0.25) is 5.91 Å². The molecule has 0 aromatic heterocycles. The van der Waals surface area contributed by atoms with Gasteiger partial charge >= 0.3 is 6.18 Å². The molecule has 0 heterocycles. The molecular weight excluding hydrogens is 305 g/mol. The van der Waals surface area contributed by atoms with Crippen LogP contribution in [0.2, 0.25) is 0 Å². The Morgan fingerprint density at radius 3 is 2.00 bits per heavy atom. The van der Waals surface area contributed by atoms with Crippen LogP contribution in [0.3, 0.4) is 0 Å². The molecule has 0 radical (unpaired) electrons. The summed E-state index contributed by atoms with van der Waals surface area (Å²) in [7, 11) is 0. The van der Waals surface area contributed by atoms with Crippen molar-refractivity contribution in [2.45, 2.75) is 12.6 Å². The zero-order chi connectivity index (χ0) is 16.3. The molecule has 0 saturated carbocycles. The molecule has 22 heavy (non-hydrogen) atoms. The molecule has 0 bridgehead atoms. The van der Waals surface area contributed by atoms with Gasteiger partial charge in [-0.3, -0.25) is 4.79 Å². The average molecular weight is 315 g/mol. The minimum atomic E-state index is -4.46. The molecule has 0 spiro atoms. The summed E-state index contributed by atoms with van der Waals surface area (Å²) in [6, 6.07) is 7.07. The van der Waals surface area contributed by atoms with Gasteiger partial charge in [0.05, 0.1) is 12.0 Å². The first-order valence-corrected chi connectivity index (χ1v) is 6.17. The van der Waals surface area contributed by atoms with Crippen molar-refractivity contribution >= 4 is 11.6 Å². The Hall–Kier alpha value is -2.44. The third kappa shape index (κ3) is 3.81. The van der Waals surface area contributed by atoms with E-state index in [9.17, 15) is 26.7 Å². The number of para-hydroxylation sites is 1. The SMILES string of the molecule is O=C(Cc1ccc(C(F)(F)F)cc1)Nc1c(F)cccc1F. The van der Waals surface area contributed by atoms with Crippen LogP contribution >= 0.6 is 0 Å². The first-order valence-electron chi connectivity index (χ1n) is 6.17. The van der Waals surface area contributed by atoms with Crippen LogP contribution in [0.4, 0.5) is 27.6 Å². The number of benzene rings is 2. The van der Waals surface area contributed by atoms with E-state index >= 15 is 0 Å². The van der Waals surface area contributed by atoms with Crippen molar-refractivity contribution in [3.8, 4) is 0 Å². The predicted octanol–water partition coefficient (Wildman–Crippen LogP) is 4.16. The number of anilines is 1. The Labute approximate surface area is 122 Å². The van der Waals surface area contributed by atoms with Gasteiger partial charge in [-0.15, -0.1) is 0 Å². The Morgan fingerprint density at radius 2 is 1.50 bits per heavy atom. The number of hydrogen-bond acceptors (Lipinski definition) is 1. The minimum Gasteiger partial charge on any atom is -0.321 e. The zero-order valence-corrected chi connectivity index (χ0v) is 11.0. The molecule has 0 aliphatic rings. The van der Waals surface area contributed by atoms with Crippen molar-refractivity contribution in [2.24, 2.45) is 0 Å². The molecule has 0 aliphatic carbocycles. The molecule has 0 saturated heterocycles. The number of nitrogens with one attached hydrogen (secondary N) is 1. The van der Waals surface area contributed by atoms with Crippen LogP contribution < -0.4 is 5.32 Å². The largest absolute Gasteiger partial charge is 0.416 e. The highest BCUT2D eigenvalue weighted by atomic mass is 19.4. The van der Waals surface area contributed by atoms with E-state index in [0.717, 1.165) is 42.5 Å². The van der Waals surface area contributed by atoms with Crippen LogP contribution in [0.5, 0.6) is 0 Å². The second-order valence-corrected chi connectivity index (χ2v) is 4.52. The second kappa shape index (κ2) is 6.13. The summed E-state index contributed by atoms with van der Waals surface area (Å²) in [5, 5.41) is 2.06. The fourth-order valence-corrected chi connectivity index (χ4v) is 1.80. The van der Waals surface area contributed by atoms with Crippen molar-refractivity contribution < 1.29 is 26.7 Å². The summed E-state index contributed by atoms with van der Waals surface area (Å²) in [4.78, 5) is 11.7. The lowest BCUT2D eigenvalue weighted by molar-refractivity contribution is -0.137. The summed E-state index contributed by atoms with van der Waals surface area (Å²) < 4.78 is 63.9. The molecule has 2 aromatic carbocycles. The van der Waals surface area contributed by atoms with E-state index in [1.165, 1.54) is 0 Å². The number of amides is 1. The van der Waals surface area contributed by atoms with E-state index in [1.54, 1.807) is 0 Å². The molecule has 2 aromatic rings. The van der Waals surface area contributed by atoms with E-state index < -0.39 is 35.0 Å². The van der Waals surface area contributed by atoms with Crippen LogP contribution in [0, 0.1) is 11.6 Å². The quantitative estimate of drug-likeness (QED) is 0.847. The van der Waals surface area contributed by atoms with Gasteiger partial charge in [0, 0.05) is 0 Å². The number of rotatable bonds is 3. The number of carbonyl (C=O) groups excluding carboxylic acids is 1. The number of halogens is 5. The van der Waals surface area contributed by atoms with E-state index in [4.69, 9.17) is 0 Å². The molecule has 0 fully saturated rings. The molecule has 1 N–H and O–H groups in total. The predicted molar refractivity (Wildman–Crippen MR) is 70.1 cm³/mol. The smallest absolute Gasteiger partial charge is 0.321 e. The van der Waals surface area contributed by atoms with E-state index in [2.05, 4.69) is 5.32 Å². The van der Waals surface area contributed by atoms with Crippen molar-refractivity contribution in [1.29, 1.82) is 0 Å². The molecule has 0 aliphatic heterocycles. The molecule has 0 atom stereocenters. The van der Waals surface area contributed by atoms with Crippen LogP contribution in [0.1, 0.15) is 11.1 Å². The van der Waals surface area contributed by atoms with Gasteiger partial charge in [0.1, 0.15) is 17.3 Å². The average Bonchev–Trinajstić information content (AvgIpc) is 2.43. The van der Waals surface area contributed by atoms with Crippen molar-refractivity contribution in [2.75, 3.05) is 5.32 Å². The van der Waals surface area contributed by atoms with Crippen molar-refractivity contribution in [3.05, 3.63) is 65.2 Å². The summed E-state index contributed by atoms with van der Waals surface area (Å²) in [5.74, 6) is -2.59. The lowest BCUT2D eigenvalue weighted by Gasteiger charge is -2.09. The molecule has 1 amide bonds. The molecule has 116 valence electrons. The lowest BCUT2D eigenvalue weighted by atomic mass is 10.1. The highest BCUT2D eigenvalue weighted by Crippen LogP contribution is 2.29. The zero-order valence-electron chi connectivity index (χ0n) is 11.0. The maximum Gasteiger partial charge on any atom is 0.416 e. The van der Waals surface area contributed by atoms with Crippen molar-refractivity contribution in [1.82, 2.24) is 0 Å². The maximum atomic E-state index is 13.4. The van der Waals surface area contributed by atoms with Crippen molar-refractivity contribution in [3.63, 3.8) is 0 Å². The van der Waals surface area contributed by atoms with Crippen LogP contribution in [0.25, 0.3) is 0 Å². The fourth-order valence-electron chi connectivity index (χ4n) is 1.80. The number of carbonyl (C=O) groups is 1. The maximum absolute atomic E-state index is 13.4. The topological polar surface area (TPSA) is 29.1 Å². The summed E-state index contributed by atoms with van der Waals surface area (Å²) in [5.41, 5.74) is -1.13. The Morgan fingerprint density at radius 1 is 0.955 bits per heavy atom. The van der Waals surface area contributed by atoms with E-state index in [0.29, 0.717) is 5.56 Å². The van der Waals surface area contributed by atoms with Gasteiger partial charge in [0.15, 0.2) is 0 Å². The number of alkyl halides is 3. The fraction of sp³-hybridized carbons (Fsp3) is 0.133. The molecule has 2 rings (SSSR count). The van der Waals surface area contributed by atoms with Crippen LogP contribution in [-0.4, -0.2) is 5.91 Å². The minimum absolute atomic E-state index is 0.294. The third-order valence-corrected chi connectivity index (χ3v) is 2.87. The van der Waals surface area contributed by atoms with Gasteiger partial charge in [-0.2, -0.15) is 13.2 Å². The third-order valence-electron chi connectivity index (χ3n) is 2.87. The van der Waals surface area contributed by atoms with Gasteiger partial charge in [-0.25, -0.2) is 8.78 Å².